The number of hydrogen-bond donors (Lipinski definition) is 0. The Labute approximate surface area is 153 Å². The number of carbonyl (C=O) groups is 1. The van der Waals surface area contributed by atoms with Gasteiger partial charge < -0.3 is 4.74 Å². The minimum atomic E-state index is -0.494. The van der Waals surface area contributed by atoms with Gasteiger partial charge in [0.05, 0.1) is 6.61 Å². The van der Waals surface area contributed by atoms with Gasteiger partial charge in [0.15, 0.2) is 0 Å². The average molecular weight is 347 g/mol. The molecule has 0 saturated heterocycles. The molecule has 4 heteroatoms. The molecule has 0 aromatic rings. The molecule has 1 atom stereocenters. The fraction of sp³-hybridized carbons (Fsp3) is 0.762. The van der Waals surface area contributed by atoms with Crippen LogP contribution in [-0.2, 0) is 9.53 Å². The van der Waals surface area contributed by atoms with Crippen molar-refractivity contribution in [3.63, 3.8) is 0 Å². The predicted molar refractivity (Wildman–Crippen MR) is 103 cm³/mol. The summed E-state index contributed by atoms with van der Waals surface area (Å²) in [7, 11) is 0. The monoisotopic (exact) mass is 346 g/mol. The van der Waals surface area contributed by atoms with Crippen LogP contribution in [0.4, 0.5) is 0 Å². The second kappa shape index (κ2) is 10.4. The SMILES string of the molecule is CCCCC(CC)CN=C1C/C(=C(/C#N)C(=O)OCC)CC(C)(C)C1. The van der Waals surface area contributed by atoms with E-state index in [0.717, 1.165) is 37.1 Å². The number of allylic oxidation sites excluding steroid dienone is 1. The molecule has 0 aromatic heterocycles. The van der Waals surface area contributed by atoms with E-state index in [1.807, 2.05) is 0 Å². The Morgan fingerprint density at radius 2 is 2.04 bits per heavy atom. The van der Waals surface area contributed by atoms with E-state index in [1.54, 1.807) is 6.92 Å². The second-order valence-electron chi connectivity index (χ2n) is 7.83. The number of carbonyl (C=O) groups excluding carboxylic acids is 1. The molecule has 1 unspecified atom stereocenters. The van der Waals surface area contributed by atoms with Crippen molar-refractivity contribution in [2.24, 2.45) is 16.3 Å². The fourth-order valence-electron chi connectivity index (χ4n) is 3.50. The lowest BCUT2D eigenvalue weighted by molar-refractivity contribution is -0.138. The maximum atomic E-state index is 12.1. The Bertz CT molecular complexity index is 553. The van der Waals surface area contributed by atoms with Gasteiger partial charge >= 0.3 is 5.97 Å². The molecule has 1 fully saturated rings. The first-order valence-electron chi connectivity index (χ1n) is 9.68. The molecule has 1 rings (SSSR count). The Morgan fingerprint density at radius 1 is 1.32 bits per heavy atom. The number of esters is 1. The molecule has 0 spiro atoms. The van der Waals surface area contributed by atoms with Gasteiger partial charge in [-0.25, -0.2) is 4.79 Å². The Balaban J connectivity index is 2.97. The molecular formula is C21H34N2O2. The van der Waals surface area contributed by atoms with Crippen LogP contribution in [0.25, 0.3) is 0 Å². The standard InChI is InChI=1S/C21H34N2O2/c1-6-9-10-16(7-2)15-23-18-11-17(12-21(4,5)13-18)19(14-22)20(24)25-8-3/h16H,6-13,15H2,1-5H3/b19-17+,23-18?. The molecule has 0 bridgehead atoms. The third-order valence-corrected chi connectivity index (χ3v) is 4.85. The number of rotatable bonds is 8. The van der Waals surface area contributed by atoms with Crippen LogP contribution in [0.5, 0.6) is 0 Å². The molecule has 0 amide bonds. The summed E-state index contributed by atoms with van der Waals surface area (Å²) in [5.41, 5.74) is 2.21. The molecule has 0 aliphatic heterocycles. The van der Waals surface area contributed by atoms with E-state index >= 15 is 0 Å². The zero-order valence-corrected chi connectivity index (χ0v) is 16.7. The van der Waals surface area contributed by atoms with Crippen LogP contribution < -0.4 is 0 Å². The van der Waals surface area contributed by atoms with Crippen LogP contribution in [0.1, 0.15) is 79.6 Å². The van der Waals surface area contributed by atoms with Gasteiger partial charge in [0.1, 0.15) is 11.6 Å². The maximum absolute atomic E-state index is 12.1. The van der Waals surface area contributed by atoms with Crippen LogP contribution in [0.2, 0.25) is 0 Å². The van der Waals surface area contributed by atoms with Crippen molar-refractivity contribution in [1.82, 2.24) is 0 Å². The van der Waals surface area contributed by atoms with E-state index in [4.69, 9.17) is 9.73 Å². The summed E-state index contributed by atoms with van der Waals surface area (Å²) in [6.07, 6.45) is 7.16. The first-order chi connectivity index (χ1) is 11.9. The van der Waals surface area contributed by atoms with E-state index in [2.05, 4.69) is 33.8 Å². The van der Waals surface area contributed by atoms with Gasteiger partial charge in [0.2, 0.25) is 0 Å². The molecule has 140 valence electrons. The van der Waals surface area contributed by atoms with Gasteiger partial charge in [0, 0.05) is 18.7 Å². The van der Waals surface area contributed by atoms with E-state index in [-0.39, 0.29) is 17.6 Å². The van der Waals surface area contributed by atoms with Crippen LogP contribution in [-0.4, -0.2) is 24.8 Å². The normalized spacial score (nSPS) is 21.5. The Kier molecular flexibility index (Phi) is 8.89. The summed E-state index contributed by atoms with van der Waals surface area (Å²) < 4.78 is 5.05. The highest BCUT2D eigenvalue weighted by atomic mass is 16.5. The highest BCUT2D eigenvalue weighted by Crippen LogP contribution is 2.38. The lowest BCUT2D eigenvalue weighted by Gasteiger charge is -2.33. The zero-order chi connectivity index (χ0) is 18.9. The first kappa shape index (κ1) is 21.4. The number of aliphatic imine (C=N–C) groups is 1. The summed E-state index contributed by atoms with van der Waals surface area (Å²) in [4.78, 5) is 17.0. The first-order valence-corrected chi connectivity index (χ1v) is 9.68. The van der Waals surface area contributed by atoms with Crippen molar-refractivity contribution in [2.75, 3.05) is 13.2 Å². The van der Waals surface area contributed by atoms with E-state index in [9.17, 15) is 10.1 Å². The highest BCUT2D eigenvalue weighted by molar-refractivity contribution is 5.97. The van der Waals surface area contributed by atoms with Gasteiger partial charge in [-0.3, -0.25) is 4.99 Å². The Morgan fingerprint density at radius 3 is 2.60 bits per heavy atom. The summed E-state index contributed by atoms with van der Waals surface area (Å²) >= 11 is 0. The van der Waals surface area contributed by atoms with E-state index in [1.165, 1.54) is 19.3 Å². The van der Waals surface area contributed by atoms with Crippen LogP contribution in [0.15, 0.2) is 16.1 Å². The van der Waals surface area contributed by atoms with E-state index in [0.29, 0.717) is 12.3 Å². The van der Waals surface area contributed by atoms with Crippen LogP contribution in [0, 0.1) is 22.7 Å². The van der Waals surface area contributed by atoms with Crippen molar-refractivity contribution >= 4 is 11.7 Å². The minimum absolute atomic E-state index is 0.0200. The van der Waals surface area contributed by atoms with Crippen molar-refractivity contribution in [2.45, 2.75) is 79.6 Å². The molecule has 25 heavy (non-hydrogen) atoms. The average Bonchev–Trinajstić information content (AvgIpc) is 2.54. The smallest absolute Gasteiger partial charge is 0.348 e. The highest BCUT2D eigenvalue weighted by Gasteiger charge is 2.31. The Hall–Kier alpha value is -1.63. The molecule has 1 saturated carbocycles. The van der Waals surface area contributed by atoms with Gasteiger partial charge in [-0.2, -0.15) is 5.26 Å². The third-order valence-electron chi connectivity index (χ3n) is 4.85. The molecule has 4 nitrogen and oxygen atoms in total. The fourth-order valence-corrected chi connectivity index (χ4v) is 3.50. The molecular weight excluding hydrogens is 312 g/mol. The molecule has 0 N–H and O–H groups in total. The molecule has 1 aliphatic rings. The van der Waals surface area contributed by atoms with Crippen LogP contribution in [0.3, 0.4) is 0 Å². The number of ether oxygens (including phenoxy) is 1. The predicted octanol–water partition coefficient (Wildman–Crippen LogP) is 5.24. The third kappa shape index (κ3) is 7.02. The van der Waals surface area contributed by atoms with E-state index < -0.39 is 5.97 Å². The van der Waals surface area contributed by atoms with Crippen molar-refractivity contribution < 1.29 is 9.53 Å². The van der Waals surface area contributed by atoms with Gasteiger partial charge in [-0.05, 0) is 43.1 Å². The molecule has 1 aliphatic carbocycles. The topological polar surface area (TPSA) is 62.5 Å². The summed E-state index contributed by atoms with van der Waals surface area (Å²) in [6, 6.07) is 2.07. The number of unbranched alkanes of at least 4 members (excludes halogenated alkanes) is 1. The lowest BCUT2D eigenvalue weighted by Crippen LogP contribution is -2.27. The number of nitrogens with zero attached hydrogens (tertiary/aromatic N) is 2. The van der Waals surface area contributed by atoms with Crippen molar-refractivity contribution in [1.29, 1.82) is 5.26 Å². The maximum Gasteiger partial charge on any atom is 0.348 e. The number of nitriles is 1. The van der Waals surface area contributed by atoms with Gasteiger partial charge in [0.25, 0.3) is 0 Å². The quantitative estimate of drug-likeness (QED) is 0.343. The number of hydrogen-bond acceptors (Lipinski definition) is 4. The molecule has 0 aromatic carbocycles. The minimum Gasteiger partial charge on any atom is -0.462 e. The second-order valence-corrected chi connectivity index (χ2v) is 7.83. The van der Waals surface area contributed by atoms with Crippen LogP contribution >= 0.6 is 0 Å². The van der Waals surface area contributed by atoms with Crippen molar-refractivity contribution in [3.8, 4) is 6.07 Å². The largest absolute Gasteiger partial charge is 0.462 e. The van der Waals surface area contributed by atoms with Gasteiger partial charge in [-0.1, -0.05) is 47.0 Å². The summed E-state index contributed by atoms with van der Waals surface area (Å²) in [5, 5.41) is 9.44. The summed E-state index contributed by atoms with van der Waals surface area (Å²) in [5.74, 6) is 0.136. The molecule has 0 radical (unpaired) electrons. The summed E-state index contributed by atoms with van der Waals surface area (Å²) in [6.45, 7) is 11.7. The van der Waals surface area contributed by atoms with Crippen molar-refractivity contribution in [3.05, 3.63) is 11.1 Å². The zero-order valence-electron chi connectivity index (χ0n) is 16.7. The molecule has 0 heterocycles. The van der Waals surface area contributed by atoms with Gasteiger partial charge in [-0.15, -0.1) is 0 Å². The lowest BCUT2D eigenvalue weighted by atomic mass is 9.73.